The highest BCUT2D eigenvalue weighted by Crippen LogP contribution is 2.34. The molecule has 0 radical (unpaired) electrons. The van der Waals surface area contributed by atoms with E-state index in [9.17, 15) is 0 Å². The van der Waals surface area contributed by atoms with E-state index in [0.29, 0.717) is 0 Å². The molecule has 12 heavy (non-hydrogen) atoms. The van der Waals surface area contributed by atoms with E-state index >= 15 is 0 Å². The van der Waals surface area contributed by atoms with Crippen molar-refractivity contribution in [1.29, 1.82) is 0 Å². The molecule has 0 saturated carbocycles. The van der Waals surface area contributed by atoms with Gasteiger partial charge in [-0.25, -0.2) is 0 Å². The summed E-state index contributed by atoms with van der Waals surface area (Å²) in [6.07, 6.45) is 6.29. The number of hydrogen-bond acceptors (Lipinski definition) is 0. The average Bonchev–Trinajstić information content (AvgIpc) is 2.03. The molecule has 1 rings (SSSR count). The van der Waals surface area contributed by atoms with E-state index in [1.54, 1.807) is 5.57 Å². The summed E-state index contributed by atoms with van der Waals surface area (Å²) < 4.78 is 0. The predicted octanol–water partition coefficient (Wildman–Crippen LogP) is 3.95. The van der Waals surface area contributed by atoms with Crippen molar-refractivity contribution in [2.75, 3.05) is 0 Å². The first-order valence-corrected chi connectivity index (χ1v) is 4.97. The van der Waals surface area contributed by atoms with Gasteiger partial charge in [0.15, 0.2) is 0 Å². The first-order chi connectivity index (χ1) is 5.65. The summed E-state index contributed by atoms with van der Waals surface area (Å²) in [6, 6.07) is 0. The standard InChI is InChI=1S/C12H20/c1-5-11-8-10(4)6-7-12(11)9(2)3/h8,11-12H,2,5-7H2,1,3-4H3/t11?,12-/m0/s1. The van der Waals surface area contributed by atoms with E-state index in [4.69, 9.17) is 0 Å². The van der Waals surface area contributed by atoms with Crippen molar-refractivity contribution in [3.05, 3.63) is 23.8 Å². The minimum absolute atomic E-state index is 0.749. The Balaban J connectivity index is 2.72. The molecule has 1 aliphatic rings. The molecule has 0 N–H and O–H groups in total. The van der Waals surface area contributed by atoms with Gasteiger partial charge in [-0.15, -0.1) is 0 Å². The molecule has 0 saturated heterocycles. The zero-order valence-corrected chi connectivity index (χ0v) is 8.56. The predicted molar refractivity (Wildman–Crippen MR) is 55.1 cm³/mol. The highest BCUT2D eigenvalue weighted by Gasteiger charge is 2.22. The molecular weight excluding hydrogens is 144 g/mol. The normalized spacial score (nSPS) is 29.8. The summed E-state index contributed by atoms with van der Waals surface area (Å²) in [7, 11) is 0. The summed E-state index contributed by atoms with van der Waals surface area (Å²) in [5.74, 6) is 1.51. The van der Waals surface area contributed by atoms with E-state index in [0.717, 1.165) is 11.8 Å². The van der Waals surface area contributed by atoms with E-state index in [1.165, 1.54) is 24.8 Å². The maximum atomic E-state index is 4.07. The Hall–Kier alpha value is -0.520. The highest BCUT2D eigenvalue weighted by atomic mass is 14.3. The quantitative estimate of drug-likeness (QED) is 0.542. The third kappa shape index (κ3) is 2.00. The Kier molecular flexibility index (Phi) is 3.13. The van der Waals surface area contributed by atoms with Gasteiger partial charge in [-0.2, -0.15) is 0 Å². The van der Waals surface area contributed by atoms with Crippen LogP contribution in [0.1, 0.15) is 40.0 Å². The Morgan fingerprint density at radius 3 is 2.83 bits per heavy atom. The lowest BCUT2D eigenvalue weighted by Crippen LogP contribution is -2.17. The number of allylic oxidation sites excluding steroid dienone is 3. The lowest BCUT2D eigenvalue weighted by Gasteiger charge is -2.29. The van der Waals surface area contributed by atoms with E-state index in [-0.39, 0.29) is 0 Å². The van der Waals surface area contributed by atoms with Crippen LogP contribution in [-0.4, -0.2) is 0 Å². The van der Waals surface area contributed by atoms with Gasteiger partial charge in [0.05, 0.1) is 0 Å². The SMILES string of the molecule is C=C(C)[C@@H]1CCC(C)=CC1CC. The van der Waals surface area contributed by atoms with Crippen LogP contribution >= 0.6 is 0 Å². The van der Waals surface area contributed by atoms with Gasteiger partial charge in [0.25, 0.3) is 0 Å². The van der Waals surface area contributed by atoms with Crippen LogP contribution in [-0.2, 0) is 0 Å². The van der Waals surface area contributed by atoms with Crippen molar-refractivity contribution in [3.8, 4) is 0 Å². The van der Waals surface area contributed by atoms with Crippen LogP contribution in [0.25, 0.3) is 0 Å². The molecule has 0 amide bonds. The van der Waals surface area contributed by atoms with Crippen LogP contribution < -0.4 is 0 Å². The van der Waals surface area contributed by atoms with Crippen molar-refractivity contribution < 1.29 is 0 Å². The molecule has 0 aliphatic heterocycles. The van der Waals surface area contributed by atoms with Crippen molar-refractivity contribution in [3.63, 3.8) is 0 Å². The van der Waals surface area contributed by atoms with Gasteiger partial charge in [-0.3, -0.25) is 0 Å². The van der Waals surface area contributed by atoms with Gasteiger partial charge in [0, 0.05) is 0 Å². The molecule has 0 heteroatoms. The summed E-state index contributed by atoms with van der Waals surface area (Å²) in [4.78, 5) is 0. The monoisotopic (exact) mass is 164 g/mol. The molecule has 0 heterocycles. The van der Waals surface area contributed by atoms with Crippen molar-refractivity contribution in [1.82, 2.24) is 0 Å². The van der Waals surface area contributed by atoms with Gasteiger partial charge in [-0.1, -0.05) is 30.7 Å². The lowest BCUT2D eigenvalue weighted by atomic mass is 9.76. The van der Waals surface area contributed by atoms with Crippen LogP contribution in [0.5, 0.6) is 0 Å². The first-order valence-electron chi connectivity index (χ1n) is 4.97. The summed E-state index contributed by atoms with van der Waals surface area (Å²) in [5, 5.41) is 0. The van der Waals surface area contributed by atoms with Gasteiger partial charge >= 0.3 is 0 Å². The molecule has 1 unspecified atom stereocenters. The maximum Gasteiger partial charge on any atom is -0.0143 e. The topological polar surface area (TPSA) is 0 Å². The van der Waals surface area contributed by atoms with Crippen LogP contribution in [0, 0.1) is 11.8 Å². The minimum atomic E-state index is 0.749. The number of hydrogen-bond donors (Lipinski definition) is 0. The molecule has 0 aromatic carbocycles. The fourth-order valence-corrected chi connectivity index (χ4v) is 2.18. The van der Waals surface area contributed by atoms with Gasteiger partial charge in [0.1, 0.15) is 0 Å². The third-order valence-electron chi connectivity index (χ3n) is 2.97. The second-order valence-electron chi connectivity index (χ2n) is 4.08. The molecule has 1 aliphatic carbocycles. The smallest absolute Gasteiger partial charge is 0.0143 e. The second-order valence-corrected chi connectivity index (χ2v) is 4.08. The first kappa shape index (κ1) is 9.57. The van der Waals surface area contributed by atoms with Crippen molar-refractivity contribution in [2.45, 2.75) is 40.0 Å². The van der Waals surface area contributed by atoms with Crippen molar-refractivity contribution >= 4 is 0 Å². The third-order valence-corrected chi connectivity index (χ3v) is 2.97. The van der Waals surface area contributed by atoms with E-state index < -0.39 is 0 Å². The molecule has 0 aromatic rings. The fraction of sp³-hybridized carbons (Fsp3) is 0.667. The van der Waals surface area contributed by atoms with Crippen LogP contribution in [0.2, 0.25) is 0 Å². The van der Waals surface area contributed by atoms with E-state index in [1.807, 2.05) is 0 Å². The molecule has 0 bridgehead atoms. The zero-order valence-electron chi connectivity index (χ0n) is 8.56. The molecule has 0 aromatic heterocycles. The molecule has 0 nitrogen and oxygen atoms in total. The Labute approximate surface area is 76.4 Å². The summed E-state index contributed by atoms with van der Waals surface area (Å²) >= 11 is 0. The zero-order chi connectivity index (χ0) is 9.14. The number of rotatable bonds is 2. The lowest BCUT2D eigenvalue weighted by molar-refractivity contribution is 0.391. The Morgan fingerprint density at radius 2 is 2.33 bits per heavy atom. The average molecular weight is 164 g/mol. The molecular formula is C12H20. The maximum absolute atomic E-state index is 4.07. The summed E-state index contributed by atoms with van der Waals surface area (Å²) in [5.41, 5.74) is 2.94. The molecule has 0 fully saturated rings. The fourth-order valence-electron chi connectivity index (χ4n) is 2.18. The molecule has 68 valence electrons. The Bertz CT molecular complexity index is 198. The Morgan fingerprint density at radius 1 is 1.67 bits per heavy atom. The van der Waals surface area contributed by atoms with Crippen LogP contribution in [0.15, 0.2) is 23.8 Å². The largest absolute Gasteiger partial charge is 0.0998 e. The summed E-state index contributed by atoms with van der Waals surface area (Å²) in [6.45, 7) is 10.8. The minimum Gasteiger partial charge on any atom is -0.0998 e. The van der Waals surface area contributed by atoms with Crippen LogP contribution in [0.3, 0.4) is 0 Å². The van der Waals surface area contributed by atoms with E-state index in [2.05, 4.69) is 33.4 Å². The second kappa shape index (κ2) is 3.93. The van der Waals surface area contributed by atoms with Crippen LogP contribution in [0.4, 0.5) is 0 Å². The molecule has 2 atom stereocenters. The van der Waals surface area contributed by atoms with Gasteiger partial charge in [-0.05, 0) is 44.9 Å². The molecule has 0 spiro atoms. The highest BCUT2D eigenvalue weighted by molar-refractivity contribution is 5.13. The van der Waals surface area contributed by atoms with Gasteiger partial charge in [0.2, 0.25) is 0 Å². The van der Waals surface area contributed by atoms with Gasteiger partial charge < -0.3 is 0 Å². The van der Waals surface area contributed by atoms with Crippen molar-refractivity contribution in [2.24, 2.45) is 11.8 Å².